The molecule has 0 bridgehead atoms. The highest BCUT2D eigenvalue weighted by atomic mass is 16.5. The number of ether oxygens (including phenoxy) is 1. The lowest BCUT2D eigenvalue weighted by Crippen LogP contribution is -2.29. The van der Waals surface area contributed by atoms with Crippen LogP contribution in [0.3, 0.4) is 0 Å². The van der Waals surface area contributed by atoms with Crippen molar-refractivity contribution in [3.8, 4) is 11.5 Å². The van der Waals surface area contributed by atoms with Gasteiger partial charge in [-0.1, -0.05) is 23.8 Å². The normalized spacial score (nSPS) is 17.9. The van der Waals surface area contributed by atoms with Crippen LogP contribution in [0.4, 0.5) is 0 Å². The van der Waals surface area contributed by atoms with Gasteiger partial charge < -0.3 is 24.3 Å². The van der Waals surface area contributed by atoms with Crippen molar-refractivity contribution in [2.24, 2.45) is 0 Å². The summed E-state index contributed by atoms with van der Waals surface area (Å²) in [5.74, 6) is -0.942. The SMILES string of the molecule is COc1ccc(C)cc1/C(O)=C1\C(=O)C(=O)N(Cc2ccco2)C1c1ccc(O)cc1. The maximum Gasteiger partial charge on any atom is 0.296 e. The molecule has 1 saturated heterocycles. The summed E-state index contributed by atoms with van der Waals surface area (Å²) in [6, 6.07) is 13.9. The summed E-state index contributed by atoms with van der Waals surface area (Å²) in [7, 11) is 1.47. The van der Waals surface area contributed by atoms with Crippen LogP contribution >= 0.6 is 0 Å². The number of carbonyl (C=O) groups is 2. The number of aryl methyl sites for hydroxylation is 1. The Labute approximate surface area is 178 Å². The summed E-state index contributed by atoms with van der Waals surface area (Å²) >= 11 is 0. The van der Waals surface area contributed by atoms with E-state index in [1.165, 1.54) is 30.4 Å². The van der Waals surface area contributed by atoms with Crippen molar-refractivity contribution in [3.05, 3.63) is 88.9 Å². The third kappa shape index (κ3) is 3.66. The molecule has 4 rings (SSSR count). The lowest BCUT2D eigenvalue weighted by atomic mass is 9.94. The molecule has 0 spiro atoms. The Morgan fingerprint density at radius 3 is 2.52 bits per heavy atom. The third-order valence-corrected chi connectivity index (χ3v) is 5.27. The number of benzene rings is 2. The van der Waals surface area contributed by atoms with Crippen molar-refractivity contribution in [3.63, 3.8) is 0 Å². The molecule has 1 fully saturated rings. The average Bonchev–Trinajstić information content (AvgIpc) is 3.36. The molecular weight excluding hydrogens is 398 g/mol. The number of likely N-dealkylation sites (tertiary alicyclic amines) is 1. The molecule has 1 aliphatic rings. The number of Topliss-reactive ketones (excluding diaryl/α,β-unsaturated/α-hetero) is 1. The van der Waals surface area contributed by atoms with E-state index in [1.807, 2.05) is 13.0 Å². The number of amides is 1. The Morgan fingerprint density at radius 2 is 1.87 bits per heavy atom. The van der Waals surface area contributed by atoms with Gasteiger partial charge in [-0.25, -0.2) is 0 Å². The van der Waals surface area contributed by atoms with Crippen molar-refractivity contribution < 1.29 is 29.0 Å². The number of hydrogen-bond donors (Lipinski definition) is 2. The molecular formula is C24H21NO6. The Balaban J connectivity index is 1.91. The van der Waals surface area contributed by atoms with Crippen molar-refractivity contribution in [2.45, 2.75) is 19.5 Å². The lowest BCUT2D eigenvalue weighted by molar-refractivity contribution is -0.140. The second-order valence-corrected chi connectivity index (χ2v) is 7.30. The van der Waals surface area contributed by atoms with E-state index in [-0.39, 0.29) is 23.6 Å². The van der Waals surface area contributed by atoms with Crippen LogP contribution in [0.15, 0.2) is 70.9 Å². The predicted molar refractivity (Wildman–Crippen MR) is 112 cm³/mol. The Hall–Kier alpha value is -4.00. The topological polar surface area (TPSA) is 100 Å². The second-order valence-electron chi connectivity index (χ2n) is 7.30. The number of furan rings is 1. The van der Waals surface area contributed by atoms with E-state index in [1.54, 1.807) is 36.4 Å². The van der Waals surface area contributed by atoms with Crippen LogP contribution in [-0.4, -0.2) is 33.9 Å². The van der Waals surface area contributed by atoms with E-state index < -0.39 is 17.7 Å². The number of ketones is 1. The number of aromatic hydroxyl groups is 1. The third-order valence-electron chi connectivity index (χ3n) is 5.27. The maximum atomic E-state index is 13.1. The molecule has 1 amide bonds. The van der Waals surface area contributed by atoms with E-state index in [9.17, 15) is 19.8 Å². The Morgan fingerprint density at radius 1 is 1.13 bits per heavy atom. The molecule has 2 heterocycles. The molecule has 2 aromatic carbocycles. The van der Waals surface area contributed by atoms with Gasteiger partial charge in [0.25, 0.3) is 11.7 Å². The predicted octanol–water partition coefficient (Wildman–Crippen LogP) is 3.92. The van der Waals surface area contributed by atoms with Gasteiger partial charge in [0.15, 0.2) is 0 Å². The number of rotatable bonds is 5. The number of phenolic OH excluding ortho intramolecular Hbond substituents is 1. The highest BCUT2D eigenvalue weighted by Gasteiger charge is 2.46. The largest absolute Gasteiger partial charge is 0.508 e. The first-order chi connectivity index (χ1) is 14.9. The summed E-state index contributed by atoms with van der Waals surface area (Å²) < 4.78 is 10.7. The molecule has 31 heavy (non-hydrogen) atoms. The fourth-order valence-corrected chi connectivity index (χ4v) is 3.77. The van der Waals surface area contributed by atoms with Crippen LogP contribution in [0.2, 0.25) is 0 Å². The minimum atomic E-state index is -0.865. The smallest absolute Gasteiger partial charge is 0.296 e. The summed E-state index contributed by atoms with van der Waals surface area (Å²) in [6.07, 6.45) is 1.49. The van der Waals surface area contributed by atoms with Gasteiger partial charge in [-0.15, -0.1) is 0 Å². The molecule has 1 unspecified atom stereocenters. The van der Waals surface area contributed by atoms with Gasteiger partial charge in [-0.3, -0.25) is 9.59 Å². The van der Waals surface area contributed by atoms with Gasteiger partial charge in [0.05, 0.1) is 37.1 Å². The van der Waals surface area contributed by atoms with Gasteiger partial charge in [0, 0.05) is 0 Å². The molecule has 0 radical (unpaired) electrons. The molecule has 158 valence electrons. The van der Waals surface area contributed by atoms with E-state index in [0.29, 0.717) is 22.6 Å². The van der Waals surface area contributed by atoms with Crippen LogP contribution in [0.5, 0.6) is 11.5 Å². The maximum absolute atomic E-state index is 13.1. The molecule has 1 aliphatic heterocycles. The monoisotopic (exact) mass is 419 g/mol. The minimum Gasteiger partial charge on any atom is -0.508 e. The first kappa shape index (κ1) is 20.3. The molecule has 1 atom stereocenters. The zero-order chi connectivity index (χ0) is 22.1. The molecule has 7 nitrogen and oxygen atoms in total. The Kier molecular flexibility index (Phi) is 5.25. The van der Waals surface area contributed by atoms with Crippen molar-refractivity contribution >= 4 is 17.4 Å². The fraction of sp³-hybridized carbons (Fsp3) is 0.167. The van der Waals surface area contributed by atoms with Gasteiger partial charge in [-0.05, 0) is 48.9 Å². The molecule has 0 saturated carbocycles. The van der Waals surface area contributed by atoms with Gasteiger partial charge in [0.2, 0.25) is 0 Å². The van der Waals surface area contributed by atoms with E-state index in [0.717, 1.165) is 5.56 Å². The van der Waals surface area contributed by atoms with Crippen LogP contribution in [0.25, 0.3) is 5.76 Å². The zero-order valence-corrected chi connectivity index (χ0v) is 17.0. The first-order valence-electron chi connectivity index (χ1n) is 9.65. The van der Waals surface area contributed by atoms with Crippen molar-refractivity contribution in [2.75, 3.05) is 7.11 Å². The summed E-state index contributed by atoms with van der Waals surface area (Å²) in [5, 5.41) is 20.9. The van der Waals surface area contributed by atoms with E-state index in [2.05, 4.69) is 0 Å². The molecule has 7 heteroatoms. The first-order valence-corrected chi connectivity index (χ1v) is 9.65. The quantitative estimate of drug-likeness (QED) is 0.369. The number of aliphatic hydroxyl groups excluding tert-OH is 1. The molecule has 1 aromatic heterocycles. The standard InChI is InChI=1S/C24H21NO6/c1-14-5-10-19(30-2)18(12-14)22(27)20-21(15-6-8-16(26)9-7-15)25(24(29)23(20)28)13-17-4-3-11-31-17/h3-12,21,26-27H,13H2,1-2H3/b22-20+. The van der Waals surface area contributed by atoms with Crippen LogP contribution in [-0.2, 0) is 16.1 Å². The summed E-state index contributed by atoms with van der Waals surface area (Å²) in [4.78, 5) is 27.4. The van der Waals surface area contributed by atoms with Gasteiger partial charge >= 0.3 is 0 Å². The second kappa shape index (κ2) is 8.02. The number of hydrogen-bond acceptors (Lipinski definition) is 6. The van der Waals surface area contributed by atoms with E-state index in [4.69, 9.17) is 9.15 Å². The minimum absolute atomic E-state index is 0.0465. The number of nitrogens with zero attached hydrogens (tertiary/aromatic N) is 1. The number of phenols is 1. The van der Waals surface area contributed by atoms with Crippen molar-refractivity contribution in [1.82, 2.24) is 4.90 Å². The van der Waals surface area contributed by atoms with Gasteiger partial charge in [-0.2, -0.15) is 0 Å². The van der Waals surface area contributed by atoms with Crippen LogP contribution < -0.4 is 4.74 Å². The van der Waals surface area contributed by atoms with Crippen LogP contribution in [0, 0.1) is 6.92 Å². The van der Waals surface area contributed by atoms with Crippen molar-refractivity contribution in [1.29, 1.82) is 0 Å². The zero-order valence-electron chi connectivity index (χ0n) is 17.0. The van der Waals surface area contributed by atoms with Gasteiger partial charge in [0.1, 0.15) is 23.0 Å². The van der Waals surface area contributed by atoms with E-state index >= 15 is 0 Å². The molecule has 0 aliphatic carbocycles. The molecule has 3 aromatic rings. The number of carbonyl (C=O) groups excluding carboxylic acids is 2. The number of aliphatic hydroxyl groups is 1. The molecule has 2 N–H and O–H groups in total. The summed E-state index contributed by atoms with van der Waals surface area (Å²) in [5.41, 5.74) is 1.69. The average molecular weight is 419 g/mol. The van der Waals surface area contributed by atoms with Crippen LogP contribution in [0.1, 0.15) is 28.5 Å². The summed E-state index contributed by atoms with van der Waals surface area (Å²) in [6.45, 7) is 1.90. The Bertz CT molecular complexity index is 1160. The number of methoxy groups -OCH3 is 1. The highest BCUT2D eigenvalue weighted by Crippen LogP contribution is 2.42. The lowest BCUT2D eigenvalue weighted by Gasteiger charge is -2.24. The highest BCUT2D eigenvalue weighted by molar-refractivity contribution is 6.46. The fourth-order valence-electron chi connectivity index (χ4n) is 3.77.